The SMILES string of the molecule is Nc1ccc(C(=O)NC(=O)CCS)cc1. The largest absolute Gasteiger partial charge is 0.399 e. The molecule has 0 aliphatic heterocycles. The molecule has 5 heteroatoms. The van der Waals surface area contributed by atoms with E-state index >= 15 is 0 Å². The highest BCUT2D eigenvalue weighted by atomic mass is 32.1. The van der Waals surface area contributed by atoms with Crippen LogP contribution in [-0.4, -0.2) is 17.6 Å². The zero-order valence-electron chi connectivity index (χ0n) is 8.06. The molecule has 0 unspecified atom stereocenters. The minimum absolute atomic E-state index is 0.226. The Morgan fingerprint density at radius 2 is 1.87 bits per heavy atom. The van der Waals surface area contributed by atoms with E-state index in [-0.39, 0.29) is 12.3 Å². The third-order valence-electron chi connectivity index (χ3n) is 1.76. The van der Waals surface area contributed by atoms with Crippen LogP contribution in [0.5, 0.6) is 0 Å². The van der Waals surface area contributed by atoms with Crippen LogP contribution in [0, 0.1) is 0 Å². The fraction of sp³-hybridized carbons (Fsp3) is 0.200. The number of anilines is 1. The topological polar surface area (TPSA) is 72.2 Å². The smallest absolute Gasteiger partial charge is 0.257 e. The first kappa shape index (κ1) is 11.6. The van der Waals surface area contributed by atoms with Crippen LogP contribution >= 0.6 is 12.6 Å². The average molecular weight is 224 g/mol. The van der Waals surface area contributed by atoms with Crippen molar-refractivity contribution in [2.24, 2.45) is 0 Å². The molecule has 0 saturated heterocycles. The van der Waals surface area contributed by atoms with Crippen LogP contribution in [0.25, 0.3) is 0 Å². The molecule has 3 N–H and O–H groups in total. The van der Waals surface area contributed by atoms with Crippen molar-refractivity contribution in [1.29, 1.82) is 0 Å². The molecular weight excluding hydrogens is 212 g/mol. The number of benzene rings is 1. The molecule has 0 radical (unpaired) electrons. The maximum atomic E-state index is 11.4. The Balaban J connectivity index is 2.61. The first-order valence-corrected chi connectivity index (χ1v) is 5.07. The van der Waals surface area contributed by atoms with E-state index in [1.807, 2.05) is 0 Å². The maximum Gasteiger partial charge on any atom is 0.257 e. The maximum absolute atomic E-state index is 11.4. The van der Waals surface area contributed by atoms with Crippen LogP contribution in [0.15, 0.2) is 24.3 Å². The van der Waals surface area contributed by atoms with Gasteiger partial charge in [0.05, 0.1) is 0 Å². The lowest BCUT2D eigenvalue weighted by Gasteiger charge is -2.02. The van der Waals surface area contributed by atoms with Gasteiger partial charge in [-0.05, 0) is 30.0 Å². The summed E-state index contributed by atoms with van der Waals surface area (Å²) in [7, 11) is 0. The van der Waals surface area contributed by atoms with Gasteiger partial charge in [0.25, 0.3) is 5.91 Å². The molecule has 1 aromatic rings. The van der Waals surface area contributed by atoms with Gasteiger partial charge < -0.3 is 5.73 Å². The van der Waals surface area contributed by atoms with Gasteiger partial charge >= 0.3 is 0 Å². The van der Waals surface area contributed by atoms with Crippen LogP contribution in [-0.2, 0) is 4.79 Å². The minimum atomic E-state index is -0.415. The molecule has 0 fully saturated rings. The molecule has 15 heavy (non-hydrogen) atoms. The van der Waals surface area contributed by atoms with E-state index in [1.54, 1.807) is 24.3 Å². The number of thiol groups is 1. The third-order valence-corrected chi connectivity index (χ3v) is 1.99. The van der Waals surface area contributed by atoms with Gasteiger partial charge in [-0.1, -0.05) is 0 Å². The van der Waals surface area contributed by atoms with E-state index in [4.69, 9.17) is 5.73 Å². The van der Waals surface area contributed by atoms with Gasteiger partial charge in [0.1, 0.15) is 0 Å². The van der Waals surface area contributed by atoms with Crippen LogP contribution in [0.3, 0.4) is 0 Å². The van der Waals surface area contributed by atoms with Gasteiger partial charge in [0.2, 0.25) is 5.91 Å². The molecule has 0 atom stereocenters. The summed E-state index contributed by atoms with van der Waals surface area (Å²) < 4.78 is 0. The zero-order valence-corrected chi connectivity index (χ0v) is 8.96. The fourth-order valence-corrected chi connectivity index (χ4v) is 1.20. The number of hydrogen-bond donors (Lipinski definition) is 3. The Labute approximate surface area is 93.3 Å². The molecule has 2 amide bonds. The van der Waals surface area contributed by atoms with E-state index < -0.39 is 5.91 Å². The number of nitrogens with two attached hydrogens (primary N) is 1. The van der Waals surface area contributed by atoms with E-state index in [2.05, 4.69) is 17.9 Å². The summed E-state index contributed by atoms with van der Waals surface area (Å²) in [5, 5.41) is 2.25. The summed E-state index contributed by atoms with van der Waals surface area (Å²) in [6.45, 7) is 0. The first-order chi connectivity index (χ1) is 7.13. The first-order valence-electron chi connectivity index (χ1n) is 4.44. The summed E-state index contributed by atoms with van der Waals surface area (Å²) in [5.74, 6) is -0.325. The summed E-state index contributed by atoms with van der Waals surface area (Å²) in [6, 6.07) is 6.35. The van der Waals surface area contributed by atoms with Crippen molar-refractivity contribution in [2.45, 2.75) is 6.42 Å². The fourth-order valence-electron chi connectivity index (χ4n) is 0.997. The van der Waals surface area contributed by atoms with Gasteiger partial charge in [-0.3, -0.25) is 14.9 Å². The monoisotopic (exact) mass is 224 g/mol. The lowest BCUT2D eigenvalue weighted by Crippen LogP contribution is -2.30. The highest BCUT2D eigenvalue weighted by molar-refractivity contribution is 7.80. The van der Waals surface area contributed by atoms with Crippen LogP contribution in [0.4, 0.5) is 5.69 Å². The normalized spacial score (nSPS) is 9.67. The Kier molecular flexibility index (Phi) is 4.17. The Bertz CT molecular complexity index is 362. The average Bonchev–Trinajstić information content (AvgIpc) is 2.18. The van der Waals surface area contributed by atoms with Crippen LogP contribution in [0.1, 0.15) is 16.8 Å². The lowest BCUT2D eigenvalue weighted by atomic mass is 10.2. The standard InChI is InChI=1S/C10H12N2O2S/c11-8-3-1-7(2-4-8)10(14)12-9(13)5-6-15/h1-4,15H,5-6,11H2,(H,12,13,14). The summed E-state index contributed by atoms with van der Waals surface area (Å²) in [6.07, 6.45) is 0.226. The van der Waals surface area contributed by atoms with E-state index in [1.165, 1.54) is 0 Å². The third kappa shape index (κ3) is 3.63. The Hall–Kier alpha value is -1.49. The van der Waals surface area contributed by atoms with Crippen molar-refractivity contribution in [1.82, 2.24) is 5.32 Å². The number of rotatable bonds is 3. The molecule has 80 valence electrons. The second-order valence-corrected chi connectivity index (χ2v) is 3.42. The van der Waals surface area contributed by atoms with Crippen molar-refractivity contribution < 1.29 is 9.59 Å². The molecule has 0 heterocycles. The molecule has 1 rings (SSSR count). The van der Waals surface area contributed by atoms with Crippen LogP contribution in [0.2, 0.25) is 0 Å². The van der Waals surface area contributed by atoms with Crippen molar-refractivity contribution in [3.8, 4) is 0 Å². The predicted molar refractivity (Wildman–Crippen MR) is 61.8 cm³/mol. The van der Waals surface area contributed by atoms with E-state index in [0.29, 0.717) is 17.0 Å². The number of nitrogen functional groups attached to an aromatic ring is 1. The molecule has 4 nitrogen and oxygen atoms in total. The van der Waals surface area contributed by atoms with E-state index in [9.17, 15) is 9.59 Å². The van der Waals surface area contributed by atoms with Gasteiger partial charge in [0, 0.05) is 17.7 Å². The number of nitrogens with one attached hydrogen (secondary N) is 1. The van der Waals surface area contributed by atoms with Gasteiger partial charge in [-0.25, -0.2) is 0 Å². The molecule has 0 bridgehead atoms. The van der Waals surface area contributed by atoms with Crippen molar-refractivity contribution >= 4 is 30.1 Å². The van der Waals surface area contributed by atoms with Crippen molar-refractivity contribution in [3.63, 3.8) is 0 Å². The molecule has 0 aliphatic rings. The Morgan fingerprint density at radius 3 is 2.40 bits per heavy atom. The summed E-state index contributed by atoms with van der Waals surface area (Å²) >= 11 is 3.89. The predicted octanol–water partition coefficient (Wildman–Crippen LogP) is 0.845. The highest BCUT2D eigenvalue weighted by Crippen LogP contribution is 2.05. The second-order valence-electron chi connectivity index (χ2n) is 2.97. The summed E-state index contributed by atoms with van der Waals surface area (Å²) in [4.78, 5) is 22.5. The molecule has 1 aromatic carbocycles. The van der Waals surface area contributed by atoms with Crippen molar-refractivity contribution in [3.05, 3.63) is 29.8 Å². The van der Waals surface area contributed by atoms with Crippen molar-refractivity contribution in [2.75, 3.05) is 11.5 Å². The number of carbonyl (C=O) groups excluding carboxylic acids is 2. The zero-order chi connectivity index (χ0) is 11.3. The Morgan fingerprint density at radius 1 is 1.27 bits per heavy atom. The quantitative estimate of drug-likeness (QED) is 0.526. The lowest BCUT2D eigenvalue weighted by molar-refractivity contribution is -0.119. The van der Waals surface area contributed by atoms with Gasteiger partial charge in [-0.2, -0.15) is 12.6 Å². The number of hydrogen-bond acceptors (Lipinski definition) is 4. The molecular formula is C10H12N2O2S. The minimum Gasteiger partial charge on any atom is -0.399 e. The van der Waals surface area contributed by atoms with E-state index in [0.717, 1.165) is 0 Å². The summed E-state index contributed by atoms with van der Waals surface area (Å²) in [5.41, 5.74) is 6.46. The molecule has 0 spiro atoms. The number of carbonyl (C=O) groups is 2. The molecule has 0 aromatic heterocycles. The number of imide groups is 1. The molecule has 0 aliphatic carbocycles. The van der Waals surface area contributed by atoms with Crippen LogP contribution < -0.4 is 11.1 Å². The second kappa shape index (κ2) is 5.41. The van der Waals surface area contributed by atoms with Gasteiger partial charge in [0.15, 0.2) is 0 Å². The molecule has 0 saturated carbocycles. The number of amides is 2. The highest BCUT2D eigenvalue weighted by Gasteiger charge is 2.08. The van der Waals surface area contributed by atoms with Gasteiger partial charge in [-0.15, -0.1) is 0 Å².